The molecular weight excluding hydrogens is 416 g/mol. The van der Waals surface area contributed by atoms with E-state index in [4.69, 9.17) is 11.4 Å². The third kappa shape index (κ3) is 4.15. The first-order chi connectivity index (χ1) is 14.5. The number of aromatic nitrogens is 1. The Morgan fingerprint density at radius 1 is 1.33 bits per heavy atom. The minimum Gasteiger partial charge on any atom is -0.346 e. The van der Waals surface area contributed by atoms with Crippen LogP contribution in [0.4, 0.5) is 5.13 Å². The number of fused-ring (bicyclic) bond motifs is 1. The minimum absolute atomic E-state index is 0.0682. The topological polar surface area (TPSA) is 65.5 Å². The maximum Gasteiger partial charge on any atom is 0.261 e. The summed E-state index contributed by atoms with van der Waals surface area (Å²) in [7, 11) is 2.13. The maximum absolute atomic E-state index is 13.2. The van der Waals surface area contributed by atoms with E-state index in [9.17, 15) is 9.59 Å². The van der Waals surface area contributed by atoms with Gasteiger partial charge in [0.25, 0.3) is 5.91 Å². The molecule has 1 fully saturated rings. The van der Waals surface area contributed by atoms with E-state index in [2.05, 4.69) is 30.1 Å². The maximum atomic E-state index is 13.2. The lowest BCUT2D eigenvalue weighted by Crippen LogP contribution is -2.40. The van der Waals surface area contributed by atoms with E-state index in [1.807, 2.05) is 0 Å². The van der Waals surface area contributed by atoms with Gasteiger partial charge in [-0.2, -0.15) is 0 Å². The molecular formula is C22H26N4O2S2. The number of amides is 2. The number of thiazole rings is 1. The van der Waals surface area contributed by atoms with Crippen molar-refractivity contribution in [3.05, 3.63) is 32.5 Å². The van der Waals surface area contributed by atoms with Crippen molar-refractivity contribution < 1.29 is 9.59 Å². The Hall–Kier alpha value is -2.21. The summed E-state index contributed by atoms with van der Waals surface area (Å²) in [6.45, 7) is 4.53. The van der Waals surface area contributed by atoms with Crippen molar-refractivity contribution in [2.75, 3.05) is 31.6 Å². The van der Waals surface area contributed by atoms with Gasteiger partial charge in [-0.15, -0.1) is 29.1 Å². The minimum atomic E-state index is -0.226. The highest BCUT2D eigenvalue weighted by Crippen LogP contribution is 2.34. The van der Waals surface area contributed by atoms with E-state index in [0.717, 1.165) is 54.5 Å². The third-order valence-corrected chi connectivity index (χ3v) is 7.98. The first-order valence-electron chi connectivity index (χ1n) is 10.4. The standard InChI is InChI=1S/C22H26N4O2S2/c1-4-6-15-17(23-20(27)19-8-7-14(5-2)29-19)13-26(21(15)28)22-24-16-9-11-25(3)12-10-18(16)30-22/h2,7-8,15,17H,4,6,9-13H2,1,3H3,(H,23,27)/t15-,17+/m1/s1. The molecule has 2 amide bonds. The summed E-state index contributed by atoms with van der Waals surface area (Å²) < 4.78 is 0. The van der Waals surface area contributed by atoms with E-state index in [0.29, 0.717) is 11.4 Å². The normalized spacial score (nSPS) is 21.9. The summed E-state index contributed by atoms with van der Waals surface area (Å²) in [6.07, 6.45) is 8.94. The highest BCUT2D eigenvalue weighted by atomic mass is 32.1. The second-order valence-electron chi connectivity index (χ2n) is 7.90. The molecule has 0 saturated carbocycles. The molecule has 0 radical (unpaired) electrons. The molecule has 1 N–H and O–H groups in total. The van der Waals surface area contributed by atoms with E-state index < -0.39 is 0 Å². The molecule has 6 nitrogen and oxygen atoms in total. The average Bonchev–Trinajstić information content (AvgIpc) is 3.42. The molecule has 1 saturated heterocycles. The number of carbonyl (C=O) groups is 2. The molecule has 2 aliphatic heterocycles. The lowest BCUT2D eigenvalue weighted by Gasteiger charge is -2.17. The number of nitrogens with zero attached hydrogens (tertiary/aromatic N) is 3. The summed E-state index contributed by atoms with van der Waals surface area (Å²) in [6, 6.07) is 3.29. The molecule has 0 aliphatic carbocycles. The number of terminal acetylenes is 1. The fraction of sp³-hybridized carbons (Fsp3) is 0.500. The Balaban J connectivity index is 1.52. The van der Waals surface area contributed by atoms with Gasteiger partial charge in [0, 0.05) is 30.9 Å². The van der Waals surface area contributed by atoms with E-state index in [1.165, 1.54) is 16.2 Å². The molecule has 4 rings (SSSR count). The first kappa shape index (κ1) is 21.0. The first-order valence-corrected chi connectivity index (χ1v) is 12.0. The van der Waals surface area contributed by atoms with E-state index in [1.54, 1.807) is 28.4 Å². The summed E-state index contributed by atoms with van der Waals surface area (Å²) >= 11 is 2.93. The van der Waals surface area contributed by atoms with Gasteiger partial charge in [0.1, 0.15) is 0 Å². The monoisotopic (exact) mass is 442 g/mol. The van der Waals surface area contributed by atoms with Crippen molar-refractivity contribution in [3.8, 4) is 12.3 Å². The van der Waals surface area contributed by atoms with E-state index >= 15 is 0 Å². The molecule has 4 heterocycles. The second kappa shape index (κ2) is 8.88. The van der Waals surface area contributed by atoms with Crippen LogP contribution in [0.1, 0.15) is 44.9 Å². The molecule has 158 valence electrons. The van der Waals surface area contributed by atoms with Gasteiger partial charge in [-0.1, -0.05) is 19.3 Å². The molecule has 2 aromatic heterocycles. The summed E-state index contributed by atoms with van der Waals surface area (Å²) in [4.78, 5) is 37.5. The quantitative estimate of drug-likeness (QED) is 0.724. The highest BCUT2D eigenvalue weighted by molar-refractivity contribution is 7.16. The summed E-state index contributed by atoms with van der Waals surface area (Å²) in [5, 5.41) is 3.86. The zero-order valence-corrected chi connectivity index (χ0v) is 18.9. The van der Waals surface area contributed by atoms with Crippen molar-refractivity contribution >= 4 is 39.6 Å². The number of likely N-dealkylation sites (N-methyl/N-ethyl adjacent to an activating group) is 1. The SMILES string of the molecule is C#Cc1ccc(C(=O)N[C@H]2CN(c3nc4c(s3)CCN(C)CC4)C(=O)[C@@H]2CCC)s1. The fourth-order valence-corrected chi connectivity index (χ4v) is 5.92. The van der Waals surface area contributed by atoms with Gasteiger partial charge in [0.2, 0.25) is 5.91 Å². The Kier molecular flexibility index (Phi) is 6.23. The number of nitrogens with one attached hydrogen (secondary N) is 1. The lowest BCUT2D eigenvalue weighted by molar-refractivity contribution is -0.120. The summed E-state index contributed by atoms with van der Waals surface area (Å²) in [5.41, 5.74) is 1.12. The number of anilines is 1. The second-order valence-corrected chi connectivity index (χ2v) is 10.0. The van der Waals surface area contributed by atoms with Crippen LogP contribution in [0.15, 0.2) is 12.1 Å². The zero-order chi connectivity index (χ0) is 21.3. The van der Waals surface area contributed by atoms with Gasteiger partial charge >= 0.3 is 0 Å². The lowest BCUT2D eigenvalue weighted by atomic mass is 9.97. The Bertz CT molecular complexity index is 964. The van der Waals surface area contributed by atoms with E-state index in [-0.39, 0.29) is 23.8 Å². The fourth-order valence-electron chi connectivity index (χ4n) is 4.09. The molecule has 0 aromatic carbocycles. The number of hydrogen-bond donors (Lipinski definition) is 1. The number of carbonyl (C=O) groups excluding carboxylic acids is 2. The molecule has 0 bridgehead atoms. The predicted octanol–water partition coefficient (Wildman–Crippen LogP) is 2.78. The molecule has 0 spiro atoms. The van der Waals surface area contributed by atoms with Crippen molar-refractivity contribution in [2.24, 2.45) is 5.92 Å². The van der Waals surface area contributed by atoms with Gasteiger partial charge in [0.15, 0.2) is 5.13 Å². The number of hydrogen-bond acceptors (Lipinski definition) is 6. The van der Waals surface area contributed by atoms with Crippen molar-refractivity contribution in [2.45, 2.75) is 38.6 Å². The van der Waals surface area contributed by atoms with Gasteiger partial charge < -0.3 is 10.2 Å². The van der Waals surface area contributed by atoms with Crippen LogP contribution in [0.25, 0.3) is 0 Å². The van der Waals surface area contributed by atoms with Crippen LogP contribution in [0, 0.1) is 18.3 Å². The van der Waals surface area contributed by atoms with Crippen LogP contribution in [0.3, 0.4) is 0 Å². The zero-order valence-electron chi connectivity index (χ0n) is 17.3. The van der Waals surface area contributed by atoms with Crippen molar-refractivity contribution in [1.82, 2.24) is 15.2 Å². The molecule has 0 unspecified atom stereocenters. The smallest absolute Gasteiger partial charge is 0.261 e. The van der Waals surface area contributed by atoms with Crippen molar-refractivity contribution in [3.63, 3.8) is 0 Å². The van der Waals surface area contributed by atoms with Crippen LogP contribution in [-0.2, 0) is 17.6 Å². The predicted molar refractivity (Wildman–Crippen MR) is 121 cm³/mol. The highest BCUT2D eigenvalue weighted by Gasteiger charge is 2.42. The van der Waals surface area contributed by atoms with Crippen LogP contribution in [-0.4, -0.2) is 54.4 Å². The van der Waals surface area contributed by atoms with Gasteiger partial charge in [-0.05, 0) is 32.0 Å². The Morgan fingerprint density at radius 2 is 2.13 bits per heavy atom. The van der Waals surface area contributed by atoms with Crippen LogP contribution >= 0.6 is 22.7 Å². The molecule has 2 atom stereocenters. The Labute approximate surface area is 185 Å². The van der Waals surface area contributed by atoms with Gasteiger partial charge in [-0.3, -0.25) is 14.5 Å². The van der Waals surface area contributed by atoms with Crippen LogP contribution in [0.2, 0.25) is 0 Å². The molecule has 2 aromatic rings. The largest absolute Gasteiger partial charge is 0.346 e. The molecule has 30 heavy (non-hydrogen) atoms. The van der Waals surface area contributed by atoms with Gasteiger partial charge in [-0.25, -0.2) is 4.98 Å². The van der Waals surface area contributed by atoms with Crippen LogP contribution < -0.4 is 10.2 Å². The van der Waals surface area contributed by atoms with Crippen LogP contribution in [0.5, 0.6) is 0 Å². The van der Waals surface area contributed by atoms with Gasteiger partial charge in [0.05, 0.1) is 27.4 Å². The Morgan fingerprint density at radius 3 is 2.87 bits per heavy atom. The molecule has 8 heteroatoms. The summed E-state index contributed by atoms with van der Waals surface area (Å²) in [5.74, 6) is 2.24. The number of thiophene rings is 1. The van der Waals surface area contributed by atoms with Crippen molar-refractivity contribution in [1.29, 1.82) is 0 Å². The third-order valence-electron chi connectivity index (χ3n) is 5.79. The average molecular weight is 443 g/mol. The number of rotatable bonds is 5. The molecule has 2 aliphatic rings.